The highest BCUT2D eigenvalue weighted by Crippen LogP contribution is 2.59. The molecule has 0 aromatic carbocycles. The Morgan fingerprint density at radius 1 is 1.09 bits per heavy atom. The number of aliphatic hydroxyl groups is 3. The van der Waals surface area contributed by atoms with Crippen LogP contribution in [0.5, 0.6) is 0 Å². The van der Waals surface area contributed by atoms with Crippen LogP contribution in [0, 0.1) is 35.0 Å². The Hall–Kier alpha value is -1.16. The van der Waals surface area contributed by atoms with Gasteiger partial charge in [-0.15, -0.1) is 0 Å². The first-order chi connectivity index (χ1) is 15.3. The average molecular weight is 457 g/mol. The van der Waals surface area contributed by atoms with Crippen LogP contribution in [0.15, 0.2) is 47.6 Å². The molecule has 0 bridgehead atoms. The monoisotopic (exact) mass is 456 g/mol. The molecule has 3 rings (SSSR count). The van der Waals surface area contributed by atoms with E-state index in [0.717, 1.165) is 17.6 Å². The third kappa shape index (κ3) is 5.74. The van der Waals surface area contributed by atoms with Crippen LogP contribution in [0.25, 0.3) is 0 Å². The number of allylic oxidation sites excluding steroid dienone is 4. The van der Waals surface area contributed by atoms with Crippen molar-refractivity contribution in [1.29, 1.82) is 0 Å². The minimum absolute atomic E-state index is 0.160. The predicted molar refractivity (Wildman–Crippen MR) is 138 cm³/mol. The van der Waals surface area contributed by atoms with Gasteiger partial charge >= 0.3 is 0 Å². The molecule has 0 aliphatic heterocycles. The quantitative estimate of drug-likeness (QED) is 0.407. The zero-order valence-corrected chi connectivity index (χ0v) is 21.8. The van der Waals surface area contributed by atoms with Gasteiger partial charge in [-0.25, -0.2) is 0 Å². The van der Waals surface area contributed by atoms with Crippen LogP contribution in [-0.2, 0) is 0 Å². The van der Waals surface area contributed by atoms with Crippen LogP contribution in [0.2, 0.25) is 0 Å². The molecule has 0 spiro atoms. The van der Waals surface area contributed by atoms with E-state index in [2.05, 4.69) is 58.6 Å². The molecule has 186 valence electrons. The summed E-state index contributed by atoms with van der Waals surface area (Å²) in [4.78, 5) is 0. The second-order valence-corrected chi connectivity index (χ2v) is 12.3. The largest absolute Gasteiger partial charge is 0.393 e. The summed E-state index contributed by atoms with van der Waals surface area (Å²) in [5, 5.41) is 30.9. The molecule has 0 radical (unpaired) electrons. The van der Waals surface area contributed by atoms with Gasteiger partial charge in [0, 0.05) is 12.3 Å². The maximum atomic E-state index is 10.6. The molecule has 7 atom stereocenters. The Morgan fingerprint density at radius 3 is 2.42 bits per heavy atom. The normalized spacial score (nSPS) is 37.8. The van der Waals surface area contributed by atoms with Gasteiger partial charge in [0.05, 0.1) is 17.8 Å². The minimum Gasteiger partial charge on any atom is -0.393 e. The lowest BCUT2D eigenvalue weighted by Crippen LogP contribution is -2.36. The fourth-order valence-electron chi connectivity index (χ4n) is 7.31. The van der Waals surface area contributed by atoms with E-state index in [1.807, 2.05) is 13.8 Å². The standard InChI is InChI=1S/C30H48O3/c1-19(2)25(29(5,6)33)13-10-20(3)26-14-15-27-22(9-8-16-30(26,27)7)11-12-23-17-24(31)18-28(32)21(23)4/h10-13,19-20,24-28,31-33H,4,8-9,14-18H2,1-3,5-7H3/b13-10+,22-11+,23-12-/t20-,24-,25-,26-,27+,28+,30-/m1/s1. The average Bonchev–Trinajstić information content (AvgIpc) is 3.05. The highest BCUT2D eigenvalue weighted by atomic mass is 16.3. The highest BCUT2D eigenvalue weighted by molar-refractivity contribution is 5.38. The predicted octanol–water partition coefficient (Wildman–Crippen LogP) is 6.36. The molecule has 3 nitrogen and oxygen atoms in total. The first-order valence-corrected chi connectivity index (χ1v) is 13.2. The summed E-state index contributed by atoms with van der Waals surface area (Å²) in [5.41, 5.74) is 2.90. The number of rotatable bonds is 6. The summed E-state index contributed by atoms with van der Waals surface area (Å²) in [5.74, 6) is 2.31. The van der Waals surface area contributed by atoms with E-state index in [1.165, 1.54) is 31.3 Å². The summed E-state index contributed by atoms with van der Waals surface area (Å²) >= 11 is 0. The van der Waals surface area contributed by atoms with Gasteiger partial charge in [-0.3, -0.25) is 0 Å². The lowest BCUT2D eigenvalue weighted by molar-refractivity contribution is 0.0184. The summed E-state index contributed by atoms with van der Waals surface area (Å²) in [7, 11) is 0. The van der Waals surface area contributed by atoms with Crippen molar-refractivity contribution in [3.63, 3.8) is 0 Å². The SMILES string of the molecule is C=C1/C(=C\C=C2/CCC[C@]3(C)[C@@H]([C@H](C)/C=C/[C@H](C(C)C)C(C)(C)O)CC[C@@H]23)C[C@@H](O)C[C@@H]1O. The molecular weight excluding hydrogens is 408 g/mol. The number of aliphatic hydroxyl groups excluding tert-OH is 2. The van der Waals surface area contributed by atoms with E-state index < -0.39 is 17.8 Å². The van der Waals surface area contributed by atoms with E-state index >= 15 is 0 Å². The summed E-state index contributed by atoms with van der Waals surface area (Å²) < 4.78 is 0. The minimum atomic E-state index is -0.703. The summed E-state index contributed by atoms with van der Waals surface area (Å²) in [6.45, 7) is 17.2. The van der Waals surface area contributed by atoms with Crippen molar-refractivity contribution in [3.05, 3.63) is 47.6 Å². The van der Waals surface area contributed by atoms with E-state index in [4.69, 9.17) is 0 Å². The lowest BCUT2D eigenvalue weighted by atomic mass is 9.61. The molecule has 0 aromatic heterocycles. The van der Waals surface area contributed by atoms with Gasteiger partial charge in [0.2, 0.25) is 0 Å². The van der Waals surface area contributed by atoms with Crippen LogP contribution >= 0.6 is 0 Å². The first kappa shape index (κ1) is 26.4. The fraction of sp³-hybridized carbons (Fsp3) is 0.733. The maximum Gasteiger partial charge on any atom is 0.0811 e. The molecule has 3 fully saturated rings. The Labute approximate surface area is 202 Å². The van der Waals surface area contributed by atoms with Crippen molar-refractivity contribution < 1.29 is 15.3 Å². The first-order valence-electron chi connectivity index (χ1n) is 13.2. The molecule has 0 heterocycles. The van der Waals surface area contributed by atoms with Crippen LogP contribution in [0.1, 0.15) is 86.5 Å². The summed E-state index contributed by atoms with van der Waals surface area (Å²) in [6, 6.07) is 0. The zero-order valence-electron chi connectivity index (χ0n) is 21.8. The van der Waals surface area contributed by atoms with Crippen molar-refractivity contribution in [3.8, 4) is 0 Å². The van der Waals surface area contributed by atoms with E-state index in [0.29, 0.717) is 41.9 Å². The molecular formula is C30H48O3. The second-order valence-electron chi connectivity index (χ2n) is 12.3. The molecule has 3 N–H and O–H groups in total. The van der Waals surface area contributed by atoms with Gasteiger partial charge in [0.1, 0.15) is 0 Å². The number of hydrogen-bond acceptors (Lipinski definition) is 3. The molecule has 0 saturated heterocycles. The highest BCUT2D eigenvalue weighted by Gasteiger charge is 2.50. The molecule has 0 amide bonds. The molecule has 3 saturated carbocycles. The van der Waals surface area contributed by atoms with Crippen LogP contribution in [0.3, 0.4) is 0 Å². The van der Waals surface area contributed by atoms with Crippen LogP contribution < -0.4 is 0 Å². The van der Waals surface area contributed by atoms with Gasteiger partial charge in [0.15, 0.2) is 0 Å². The van der Waals surface area contributed by atoms with Crippen molar-refractivity contribution in [2.75, 3.05) is 0 Å². The molecule has 0 unspecified atom stereocenters. The third-order valence-corrected chi connectivity index (χ3v) is 9.09. The molecule has 3 heteroatoms. The van der Waals surface area contributed by atoms with Gasteiger partial charge in [0.25, 0.3) is 0 Å². The molecule has 3 aliphatic carbocycles. The van der Waals surface area contributed by atoms with Crippen molar-refractivity contribution in [1.82, 2.24) is 0 Å². The van der Waals surface area contributed by atoms with Crippen molar-refractivity contribution in [2.24, 2.45) is 35.0 Å². The van der Waals surface area contributed by atoms with Gasteiger partial charge < -0.3 is 15.3 Å². The van der Waals surface area contributed by atoms with Crippen molar-refractivity contribution >= 4 is 0 Å². The van der Waals surface area contributed by atoms with Gasteiger partial charge in [-0.1, -0.05) is 64.2 Å². The van der Waals surface area contributed by atoms with E-state index in [-0.39, 0.29) is 5.92 Å². The topological polar surface area (TPSA) is 60.7 Å². The Morgan fingerprint density at radius 2 is 1.79 bits per heavy atom. The molecule has 3 aliphatic rings. The Kier molecular flexibility index (Phi) is 8.19. The smallest absolute Gasteiger partial charge is 0.0811 e. The van der Waals surface area contributed by atoms with Crippen LogP contribution in [-0.4, -0.2) is 33.1 Å². The summed E-state index contributed by atoms with van der Waals surface area (Å²) in [6.07, 6.45) is 15.1. The Bertz CT molecular complexity index is 796. The Balaban J connectivity index is 1.78. The maximum absolute atomic E-state index is 10.6. The molecule has 0 aromatic rings. The number of hydrogen-bond donors (Lipinski definition) is 3. The zero-order chi connectivity index (χ0) is 24.6. The second kappa shape index (κ2) is 10.2. The van der Waals surface area contributed by atoms with Gasteiger partial charge in [-0.2, -0.15) is 0 Å². The van der Waals surface area contributed by atoms with E-state index in [9.17, 15) is 15.3 Å². The third-order valence-electron chi connectivity index (χ3n) is 9.09. The number of fused-ring (bicyclic) bond motifs is 1. The fourth-order valence-corrected chi connectivity index (χ4v) is 7.31. The van der Waals surface area contributed by atoms with Gasteiger partial charge in [-0.05, 0) is 92.6 Å². The van der Waals surface area contributed by atoms with Crippen molar-refractivity contribution in [2.45, 2.75) is 104 Å². The van der Waals surface area contributed by atoms with Crippen LogP contribution in [0.4, 0.5) is 0 Å². The van der Waals surface area contributed by atoms with E-state index in [1.54, 1.807) is 0 Å². The lowest BCUT2D eigenvalue weighted by Gasteiger charge is -2.44. The molecule has 33 heavy (non-hydrogen) atoms.